The van der Waals surface area contributed by atoms with Crippen LogP contribution in [0.15, 0.2) is 72.2 Å². The van der Waals surface area contributed by atoms with Crippen LogP contribution in [0.25, 0.3) is 33.5 Å². The topological polar surface area (TPSA) is 86.2 Å². The third-order valence-corrected chi connectivity index (χ3v) is 6.06. The lowest BCUT2D eigenvalue weighted by molar-refractivity contribution is -0.158. The average molecular weight is 494 g/mol. The Morgan fingerprint density at radius 1 is 1.08 bits per heavy atom. The molecule has 4 heterocycles. The highest BCUT2D eigenvalue weighted by atomic mass is 19.4. The molecule has 0 aliphatic carbocycles. The molecule has 184 valence electrons. The van der Waals surface area contributed by atoms with E-state index >= 15 is 0 Å². The van der Waals surface area contributed by atoms with Gasteiger partial charge in [0.2, 0.25) is 5.91 Å². The molecule has 0 bridgehead atoms. The molecule has 0 saturated carbocycles. The Morgan fingerprint density at radius 2 is 1.89 bits per heavy atom. The van der Waals surface area contributed by atoms with Crippen LogP contribution in [0.5, 0.6) is 0 Å². The van der Waals surface area contributed by atoms with Crippen molar-refractivity contribution in [3.8, 4) is 16.9 Å². The number of hydrogen-bond donors (Lipinski definition) is 1. The molecule has 1 atom stereocenters. The van der Waals surface area contributed by atoms with Gasteiger partial charge in [0, 0.05) is 23.5 Å². The number of rotatable bonds is 5. The Hall–Kier alpha value is -4.41. The first-order chi connectivity index (χ1) is 17.1. The van der Waals surface area contributed by atoms with Crippen LogP contribution < -0.4 is 11.0 Å². The van der Waals surface area contributed by atoms with E-state index < -0.39 is 30.4 Å². The largest absolute Gasteiger partial charge is 0.408 e. The molecular formula is C25H21F3N6O2. The van der Waals surface area contributed by atoms with Crippen molar-refractivity contribution in [2.75, 3.05) is 0 Å². The summed E-state index contributed by atoms with van der Waals surface area (Å²) in [7, 11) is 0. The predicted molar refractivity (Wildman–Crippen MR) is 128 cm³/mol. The number of aryl methyl sites for hydroxylation is 1. The number of nitrogens with zero attached hydrogens (tertiary/aromatic N) is 5. The van der Waals surface area contributed by atoms with E-state index in [1.54, 1.807) is 36.9 Å². The minimum atomic E-state index is -4.59. The minimum absolute atomic E-state index is 0.325. The van der Waals surface area contributed by atoms with Gasteiger partial charge in [-0.2, -0.15) is 13.2 Å². The lowest BCUT2D eigenvalue weighted by Gasteiger charge is -2.17. The Balaban J connectivity index is 1.55. The van der Waals surface area contributed by atoms with Crippen molar-refractivity contribution in [3.63, 3.8) is 0 Å². The van der Waals surface area contributed by atoms with Crippen LogP contribution in [0.1, 0.15) is 12.5 Å². The third kappa shape index (κ3) is 4.02. The van der Waals surface area contributed by atoms with Gasteiger partial charge in [-0.3, -0.25) is 9.36 Å². The fraction of sp³-hybridized carbons (Fsp3) is 0.200. The number of halogens is 3. The van der Waals surface area contributed by atoms with Gasteiger partial charge in [-0.15, -0.1) is 0 Å². The molecule has 0 saturated heterocycles. The number of carbonyl (C=O) groups excluding carboxylic acids is 1. The normalized spacial score (nSPS) is 12.8. The number of alkyl halides is 3. The molecule has 0 radical (unpaired) electrons. The highest BCUT2D eigenvalue weighted by Crippen LogP contribution is 2.26. The second kappa shape index (κ2) is 8.67. The Kier molecular flexibility index (Phi) is 5.62. The molecule has 1 unspecified atom stereocenters. The van der Waals surface area contributed by atoms with Gasteiger partial charge in [-0.05, 0) is 43.7 Å². The SMILES string of the molecule is Cc1cccc2c1n(-c1ccc(-c3cccn4cncc34)cn1)c(=O)n2CC(=O)NC(C)C(F)(F)F. The molecule has 36 heavy (non-hydrogen) atoms. The van der Waals surface area contributed by atoms with E-state index in [4.69, 9.17) is 0 Å². The van der Waals surface area contributed by atoms with Gasteiger partial charge in [0.15, 0.2) is 0 Å². The summed E-state index contributed by atoms with van der Waals surface area (Å²) in [6, 6.07) is 10.5. The number of carbonyl (C=O) groups is 1. The maximum Gasteiger partial charge on any atom is 0.408 e. The van der Waals surface area contributed by atoms with Crippen LogP contribution in [-0.2, 0) is 11.3 Å². The monoisotopic (exact) mass is 494 g/mol. The first kappa shape index (κ1) is 23.3. The summed E-state index contributed by atoms with van der Waals surface area (Å²) < 4.78 is 43.1. The van der Waals surface area contributed by atoms with Crippen LogP contribution in [0.3, 0.4) is 0 Å². The molecule has 8 nitrogen and oxygen atoms in total. The van der Waals surface area contributed by atoms with Crippen LogP contribution in [0, 0.1) is 6.92 Å². The highest BCUT2D eigenvalue weighted by molar-refractivity contribution is 5.84. The van der Waals surface area contributed by atoms with Crippen LogP contribution in [-0.4, -0.2) is 41.6 Å². The zero-order valence-corrected chi connectivity index (χ0v) is 19.3. The van der Waals surface area contributed by atoms with Crippen molar-refractivity contribution in [1.29, 1.82) is 0 Å². The number of fused-ring (bicyclic) bond motifs is 2. The van der Waals surface area contributed by atoms with Crippen LogP contribution >= 0.6 is 0 Å². The molecule has 1 amide bonds. The highest BCUT2D eigenvalue weighted by Gasteiger charge is 2.37. The minimum Gasteiger partial charge on any atom is -0.343 e. The van der Waals surface area contributed by atoms with Gasteiger partial charge in [-0.1, -0.05) is 18.2 Å². The molecule has 5 aromatic rings. The van der Waals surface area contributed by atoms with Crippen LogP contribution in [0.2, 0.25) is 0 Å². The van der Waals surface area contributed by atoms with Gasteiger partial charge in [0.1, 0.15) is 18.4 Å². The zero-order chi connectivity index (χ0) is 25.6. The van der Waals surface area contributed by atoms with Gasteiger partial charge in [0.05, 0.1) is 29.1 Å². The van der Waals surface area contributed by atoms with Crippen molar-refractivity contribution in [3.05, 3.63) is 83.4 Å². The maximum absolute atomic E-state index is 13.4. The van der Waals surface area contributed by atoms with E-state index in [9.17, 15) is 22.8 Å². The molecule has 5 rings (SSSR count). The van der Waals surface area contributed by atoms with Crippen molar-refractivity contribution in [1.82, 2.24) is 28.8 Å². The quantitative estimate of drug-likeness (QED) is 0.402. The second-order valence-electron chi connectivity index (χ2n) is 8.49. The molecule has 11 heteroatoms. The number of pyridine rings is 2. The van der Waals surface area contributed by atoms with Crippen molar-refractivity contribution in [2.45, 2.75) is 32.6 Å². The lowest BCUT2D eigenvalue weighted by Crippen LogP contribution is -2.45. The molecule has 4 aromatic heterocycles. The van der Waals surface area contributed by atoms with Crippen molar-refractivity contribution in [2.24, 2.45) is 0 Å². The second-order valence-corrected chi connectivity index (χ2v) is 8.49. The summed E-state index contributed by atoms with van der Waals surface area (Å²) >= 11 is 0. The summed E-state index contributed by atoms with van der Waals surface area (Å²) in [6.45, 7) is 2.10. The predicted octanol–water partition coefficient (Wildman–Crippen LogP) is 3.88. The van der Waals surface area contributed by atoms with Crippen molar-refractivity contribution >= 4 is 22.5 Å². The number of aromatic nitrogens is 5. The standard InChI is InChI=1S/C25H21F3N6O2/c1-15-5-3-7-19-23(15)34(24(36)33(19)13-22(35)31-16(2)25(26,27)28)21-9-8-17(11-30-21)18-6-4-10-32-14-29-12-20(18)32/h3-12,14,16H,13H2,1-2H3,(H,31,35). The fourth-order valence-electron chi connectivity index (χ4n) is 4.22. The molecule has 0 aliphatic heterocycles. The number of hydrogen-bond acceptors (Lipinski definition) is 4. The number of amides is 1. The summed E-state index contributed by atoms with van der Waals surface area (Å²) in [5.74, 6) is -0.592. The Labute approximate surface area is 202 Å². The molecule has 0 fully saturated rings. The summed E-state index contributed by atoms with van der Waals surface area (Å²) in [4.78, 5) is 34.5. The van der Waals surface area contributed by atoms with E-state index in [-0.39, 0.29) is 0 Å². The maximum atomic E-state index is 13.4. The van der Waals surface area contributed by atoms with E-state index in [1.165, 1.54) is 4.57 Å². The van der Waals surface area contributed by atoms with E-state index in [0.717, 1.165) is 33.7 Å². The van der Waals surface area contributed by atoms with E-state index in [0.29, 0.717) is 16.9 Å². The zero-order valence-electron chi connectivity index (χ0n) is 19.3. The molecule has 1 aromatic carbocycles. The smallest absolute Gasteiger partial charge is 0.343 e. The Bertz CT molecular complexity index is 1650. The summed E-state index contributed by atoms with van der Waals surface area (Å²) in [5, 5.41) is 1.91. The van der Waals surface area contributed by atoms with Gasteiger partial charge < -0.3 is 9.72 Å². The third-order valence-electron chi connectivity index (χ3n) is 6.06. The molecule has 0 aliphatic rings. The first-order valence-corrected chi connectivity index (χ1v) is 11.1. The number of imidazole rings is 2. The van der Waals surface area contributed by atoms with Gasteiger partial charge in [0.25, 0.3) is 0 Å². The van der Waals surface area contributed by atoms with Gasteiger partial charge in [-0.25, -0.2) is 19.3 Å². The van der Waals surface area contributed by atoms with E-state index in [1.807, 2.05) is 47.1 Å². The molecule has 0 spiro atoms. The summed E-state index contributed by atoms with van der Waals surface area (Å²) in [6.07, 6.45) is 2.39. The first-order valence-electron chi connectivity index (χ1n) is 11.1. The van der Waals surface area contributed by atoms with Crippen LogP contribution in [0.4, 0.5) is 13.2 Å². The molecule has 1 N–H and O–H groups in total. The Morgan fingerprint density at radius 3 is 2.61 bits per heavy atom. The van der Waals surface area contributed by atoms with E-state index in [2.05, 4.69) is 9.97 Å². The molecular weight excluding hydrogens is 473 g/mol. The number of benzene rings is 1. The number of nitrogens with one attached hydrogen (secondary N) is 1. The average Bonchev–Trinajstić information content (AvgIpc) is 3.42. The number of para-hydroxylation sites is 1. The van der Waals surface area contributed by atoms with Gasteiger partial charge >= 0.3 is 11.9 Å². The van der Waals surface area contributed by atoms with Crippen molar-refractivity contribution < 1.29 is 18.0 Å². The lowest BCUT2D eigenvalue weighted by atomic mass is 10.1. The fourth-order valence-corrected chi connectivity index (χ4v) is 4.22. The summed E-state index contributed by atoms with van der Waals surface area (Å²) in [5.41, 5.74) is 3.75.